The average Bonchev–Trinajstić information content (AvgIpc) is 3.22. The summed E-state index contributed by atoms with van der Waals surface area (Å²) in [6, 6.07) is 2.22. The van der Waals surface area contributed by atoms with Crippen LogP contribution >= 0.6 is 0 Å². The van der Waals surface area contributed by atoms with Crippen LogP contribution in [0.15, 0.2) is 18.5 Å². The van der Waals surface area contributed by atoms with Gasteiger partial charge in [-0.3, -0.25) is 4.79 Å². The summed E-state index contributed by atoms with van der Waals surface area (Å²) in [7, 11) is -0.921. The number of benzene rings is 1. The van der Waals surface area contributed by atoms with E-state index in [0.29, 0.717) is 0 Å². The predicted molar refractivity (Wildman–Crippen MR) is 97.1 cm³/mol. The van der Waals surface area contributed by atoms with Crippen LogP contribution in [0.3, 0.4) is 0 Å². The first-order valence-corrected chi connectivity index (χ1v) is 9.09. The zero-order valence-electron chi connectivity index (χ0n) is 16.1. The summed E-state index contributed by atoms with van der Waals surface area (Å²) in [6.45, 7) is 7.65. The molecule has 1 N–H and O–H groups in total. The van der Waals surface area contributed by atoms with Gasteiger partial charge in [0.25, 0.3) is 0 Å². The molecule has 6 nitrogen and oxygen atoms in total. The van der Waals surface area contributed by atoms with Gasteiger partial charge >= 0.3 is 13.3 Å². The van der Waals surface area contributed by atoms with Gasteiger partial charge in [-0.1, -0.05) is 0 Å². The van der Waals surface area contributed by atoms with Crippen LogP contribution in [-0.2, 0) is 20.3 Å². The largest absolute Gasteiger partial charge is 0.494 e. The molecule has 0 radical (unpaired) electrons. The van der Waals surface area contributed by atoms with Crippen molar-refractivity contribution in [1.82, 2.24) is 14.9 Å². The van der Waals surface area contributed by atoms with Crippen LogP contribution in [-0.4, -0.2) is 40.3 Å². The fourth-order valence-electron chi connectivity index (χ4n) is 3.59. The lowest BCUT2D eigenvalue weighted by molar-refractivity contribution is -0.136. The number of hydrogen-bond acceptors (Lipinski definition) is 4. The third kappa shape index (κ3) is 2.99. The van der Waals surface area contributed by atoms with Crippen LogP contribution in [0.1, 0.15) is 45.7 Å². The van der Waals surface area contributed by atoms with Crippen LogP contribution in [0.5, 0.6) is 0 Å². The number of imidazole rings is 1. The molecule has 1 atom stereocenters. The Morgan fingerprint density at radius 2 is 1.86 bits per heavy atom. The monoisotopic (exact) mass is 395 g/mol. The summed E-state index contributed by atoms with van der Waals surface area (Å²) >= 11 is 0. The van der Waals surface area contributed by atoms with Crippen LogP contribution in [0.25, 0.3) is 11.0 Å². The van der Waals surface area contributed by atoms with Gasteiger partial charge in [0.15, 0.2) is 0 Å². The Bertz CT molecular complexity index is 939. The minimum Gasteiger partial charge on any atom is -0.399 e. The number of rotatable bonds is 2. The van der Waals surface area contributed by atoms with Crippen LogP contribution in [0.2, 0.25) is 0 Å². The van der Waals surface area contributed by atoms with E-state index in [-0.39, 0.29) is 35.4 Å². The van der Waals surface area contributed by atoms with Gasteiger partial charge in [-0.05, 0) is 45.3 Å². The fraction of sp³-hybridized carbons (Fsp3) is 0.556. The number of nitrogens with one attached hydrogen (secondary N) is 1. The number of halogens is 3. The zero-order chi connectivity index (χ0) is 20.5. The Kier molecular flexibility index (Phi) is 4.10. The standard InChI is InChI=1S/C18H21BF3N3O3/c1-16(2)17(3,4)28-19(27-16)10-5-12(18(20,21)22)15-13(6-10)24-9-25(15)11-7-14(26)23-8-11/h5-6,9,11H,7-8H2,1-4H3,(H,23,26). The summed E-state index contributed by atoms with van der Waals surface area (Å²) in [5.41, 5.74) is -1.72. The van der Waals surface area contributed by atoms with E-state index in [0.717, 1.165) is 6.07 Å². The highest BCUT2D eigenvalue weighted by Crippen LogP contribution is 2.39. The number of alkyl halides is 3. The van der Waals surface area contributed by atoms with Crippen molar-refractivity contribution in [3.8, 4) is 0 Å². The third-order valence-corrected chi connectivity index (χ3v) is 5.87. The van der Waals surface area contributed by atoms with Crippen LogP contribution in [0, 0.1) is 0 Å². The van der Waals surface area contributed by atoms with Gasteiger partial charge in [-0.2, -0.15) is 13.2 Å². The van der Waals surface area contributed by atoms with Crippen molar-refractivity contribution < 1.29 is 27.3 Å². The van der Waals surface area contributed by atoms with Crippen molar-refractivity contribution in [3.05, 3.63) is 24.0 Å². The minimum absolute atomic E-state index is 0.0331. The topological polar surface area (TPSA) is 65.4 Å². The SMILES string of the molecule is CC1(C)OB(c2cc(C(F)(F)F)c3c(c2)ncn3C2CNC(=O)C2)OC1(C)C. The van der Waals surface area contributed by atoms with Crippen LogP contribution in [0.4, 0.5) is 13.2 Å². The quantitative estimate of drug-likeness (QED) is 0.794. The lowest BCUT2D eigenvalue weighted by Crippen LogP contribution is -2.41. The summed E-state index contributed by atoms with van der Waals surface area (Å²) in [5, 5.41) is 2.65. The highest BCUT2D eigenvalue weighted by Gasteiger charge is 2.52. The molecule has 1 unspecified atom stereocenters. The lowest BCUT2D eigenvalue weighted by atomic mass is 9.78. The Morgan fingerprint density at radius 3 is 2.39 bits per heavy atom. The number of aromatic nitrogens is 2. The molecule has 3 heterocycles. The second kappa shape index (κ2) is 5.97. The van der Waals surface area contributed by atoms with E-state index in [9.17, 15) is 18.0 Å². The van der Waals surface area contributed by atoms with Crippen molar-refractivity contribution in [2.75, 3.05) is 6.54 Å². The summed E-state index contributed by atoms with van der Waals surface area (Å²) < 4.78 is 55.0. The zero-order valence-corrected chi connectivity index (χ0v) is 16.1. The van der Waals surface area contributed by atoms with Gasteiger partial charge in [-0.15, -0.1) is 0 Å². The van der Waals surface area contributed by atoms with E-state index < -0.39 is 36.1 Å². The number of carbonyl (C=O) groups is 1. The minimum atomic E-state index is -4.59. The van der Waals surface area contributed by atoms with Gasteiger partial charge in [-0.25, -0.2) is 4.98 Å². The van der Waals surface area contributed by atoms with Crippen molar-refractivity contribution in [2.45, 2.75) is 57.5 Å². The van der Waals surface area contributed by atoms with Crippen molar-refractivity contribution in [1.29, 1.82) is 0 Å². The highest BCUT2D eigenvalue weighted by atomic mass is 19.4. The number of hydrogen-bond donors (Lipinski definition) is 1. The van der Waals surface area contributed by atoms with Crippen molar-refractivity contribution in [2.24, 2.45) is 0 Å². The Labute approximate surface area is 160 Å². The average molecular weight is 395 g/mol. The molecule has 28 heavy (non-hydrogen) atoms. The molecule has 2 aliphatic rings. The molecule has 2 aromatic rings. The molecule has 0 saturated carbocycles. The molecule has 1 aromatic heterocycles. The second-order valence-electron chi connectivity index (χ2n) is 8.34. The molecule has 150 valence electrons. The molecular formula is C18H21BF3N3O3. The molecule has 10 heteroatoms. The van der Waals surface area contributed by atoms with E-state index in [2.05, 4.69) is 10.3 Å². The summed E-state index contributed by atoms with van der Waals surface area (Å²) in [6.07, 6.45) is -3.10. The van der Waals surface area contributed by atoms with E-state index in [1.165, 1.54) is 10.9 Å². The van der Waals surface area contributed by atoms with Gasteiger partial charge in [0.2, 0.25) is 5.91 Å². The first-order chi connectivity index (χ1) is 12.9. The molecule has 2 aliphatic heterocycles. The van der Waals surface area contributed by atoms with Gasteiger partial charge in [0.1, 0.15) is 0 Å². The highest BCUT2D eigenvalue weighted by molar-refractivity contribution is 6.62. The molecule has 0 spiro atoms. The van der Waals surface area contributed by atoms with Crippen LogP contribution < -0.4 is 10.8 Å². The summed E-state index contributed by atoms with van der Waals surface area (Å²) in [4.78, 5) is 15.7. The number of amides is 1. The molecule has 0 aliphatic carbocycles. The Morgan fingerprint density at radius 1 is 1.21 bits per heavy atom. The third-order valence-electron chi connectivity index (χ3n) is 5.87. The van der Waals surface area contributed by atoms with Crippen molar-refractivity contribution >= 4 is 29.5 Å². The smallest absolute Gasteiger partial charge is 0.399 e. The molecule has 0 bridgehead atoms. The van der Waals surface area contributed by atoms with E-state index >= 15 is 0 Å². The molecular weight excluding hydrogens is 374 g/mol. The molecule has 1 amide bonds. The maximum Gasteiger partial charge on any atom is 0.494 e. The van der Waals surface area contributed by atoms with E-state index in [4.69, 9.17) is 9.31 Å². The lowest BCUT2D eigenvalue weighted by Gasteiger charge is -2.32. The Hall–Kier alpha value is -2.07. The Balaban J connectivity index is 1.83. The molecule has 4 rings (SSSR count). The molecule has 1 aromatic carbocycles. The van der Waals surface area contributed by atoms with Gasteiger partial charge < -0.3 is 19.2 Å². The van der Waals surface area contributed by atoms with E-state index in [1.807, 2.05) is 27.7 Å². The normalized spacial score (nSPS) is 24.2. The number of fused-ring (bicyclic) bond motifs is 1. The maximum atomic E-state index is 13.9. The predicted octanol–water partition coefficient (Wildman–Crippen LogP) is 2.42. The first kappa shape index (κ1) is 19.3. The van der Waals surface area contributed by atoms with Gasteiger partial charge in [0.05, 0.1) is 40.2 Å². The fourth-order valence-corrected chi connectivity index (χ4v) is 3.59. The van der Waals surface area contributed by atoms with Crippen molar-refractivity contribution in [3.63, 3.8) is 0 Å². The second-order valence-corrected chi connectivity index (χ2v) is 8.34. The van der Waals surface area contributed by atoms with Gasteiger partial charge in [0, 0.05) is 13.0 Å². The summed E-state index contributed by atoms with van der Waals surface area (Å²) in [5.74, 6) is -0.186. The number of nitrogens with zero attached hydrogens (tertiary/aromatic N) is 2. The molecule has 2 fully saturated rings. The molecule has 2 saturated heterocycles. The number of carbonyl (C=O) groups excluding carboxylic acids is 1. The van der Waals surface area contributed by atoms with E-state index in [1.54, 1.807) is 6.07 Å². The maximum absolute atomic E-state index is 13.9. The first-order valence-electron chi connectivity index (χ1n) is 9.09.